The topological polar surface area (TPSA) is 12.5 Å². The van der Waals surface area contributed by atoms with Crippen molar-refractivity contribution in [3.05, 3.63) is 0 Å². The third kappa shape index (κ3) is 4.98. The van der Waals surface area contributed by atoms with Gasteiger partial charge in [-0.05, 0) is 44.2 Å². The molecular weight excluding hydrogens is 186 g/mol. The molecule has 0 aromatic rings. The van der Waals surface area contributed by atoms with E-state index in [1.807, 2.05) is 0 Å². The molecule has 1 heterocycles. The minimum absolute atomic E-state index is 0.864. The third-order valence-corrected chi connectivity index (χ3v) is 3.48. The Balaban J connectivity index is 2.04. The normalized spacial score (nSPS) is 20.0. The number of piperidine rings is 1. The Kier molecular flexibility index (Phi) is 6.26. The van der Waals surface area contributed by atoms with Crippen LogP contribution < -0.4 is 0 Å². The summed E-state index contributed by atoms with van der Waals surface area (Å²) in [6.07, 6.45) is 3.90. The fourth-order valence-electron chi connectivity index (χ4n) is 2.28. The van der Waals surface area contributed by atoms with Crippen LogP contribution in [0.15, 0.2) is 0 Å². The van der Waals surface area contributed by atoms with Gasteiger partial charge >= 0.3 is 0 Å². The highest BCUT2D eigenvalue weighted by Gasteiger charge is 2.20. The molecule has 0 radical (unpaired) electrons. The van der Waals surface area contributed by atoms with Crippen LogP contribution in [0.3, 0.4) is 0 Å². The summed E-state index contributed by atoms with van der Waals surface area (Å²) in [5.41, 5.74) is 0. The summed E-state index contributed by atoms with van der Waals surface area (Å²) in [5, 5.41) is 0. The van der Waals surface area contributed by atoms with E-state index in [1.54, 1.807) is 0 Å². The lowest BCUT2D eigenvalue weighted by atomic mass is 9.87. The maximum atomic E-state index is 5.52. The van der Waals surface area contributed by atoms with Gasteiger partial charge in [0.2, 0.25) is 0 Å². The lowest BCUT2D eigenvalue weighted by Crippen LogP contribution is -2.37. The third-order valence-electron chi connectivity index (χ3n) is 3.48. The number of ether oxygens (including phenoxy) is 1. The molecule has 0 aliphatic carbocycles. The van der Waals surface area contributed by atoms with Crippen LogP contribution in [-0.4, -0.2) is 37.7 Å². The lowest BCUT2D eigenvalue weighted by Gasteiger charge is -2.33. The minimum Gasteiger partial charge on any atom is -0.380 e. The van der Waals surface area contributed by atoms with Crippen LogP contribution in [0.5, 0.6) is 0 Å². The van der Waals surface area contributed by atoms with E-state index in [0.29, 0.717) is 0 Å². The van der Waals surface area contributed by atoms with E-state index >= 15 is 0 Å². The smallest absolute Gasteiger partial charge is 0.0593 e. The standard InChI is InChI=1S/C13H27NO/c1-4-10-15-11-9-14-7-5-13(6-8-14)12(2)3/h12-13H,4-11H2,1-3H3. The highest BCUT2D eigenvalue weighted by molar-refractivity contribution is 4.73. The molecule has 1 saturated heterocycles. The van der Waals surface area contributed by atoms with Crippen molar-refractivity contribution in [1.29, 1.82) is 0 Å². The first kappa shape index (κ1) is 13.0. The van der Waals surface area contributed by atoms with Crippen molar-refractivity contribution < 1.29 is 4.74 Å². The first-order chi connectivity index (χ1) is 7.24. The van der Waals surface area contributed by atoms with Gasteiger partial charge in [0, 0.05) is 13.2 Å². The van der Waals surface area contributed by atoms with Crippen LogP contribution >= 0.6 is 0 Å². The fraction of sp³-hybridized carbons (Fsp3) is 1.00. The Morgan fingerprint density at radius 2 is 1.87 bits per heavy atom. The Morgan fingerprint density at radius 3 is 2.40 bits per heavy atom. The van der Waals surface area contributed by atoms with Crippen molar-refractivity contribution in [3.63, 3.8) is 0 Å². The minimum atomic E-state index is 0.864. The maximum Gasteiger partial charge on any atom is 0.0593 e. The average molecular weight is 213 g/mol. The van der Waals surface area contributed by atoms with Crippen molar-refractivity contribution >= 4 is 0 Å². The summed E-state index contributed by atoms with van der Waals surface area (Å²) in [7, 11) is 0. The molecule has 0 amide bonds. The Labute approximate surface area is 95.0 Å². The molecule has 0 aromatic heterocycles. The highest BCUT2D eigenvalue weighted by Crippen LogP contribution is 2.23. The highest BCUT2D eigenvalue weighted by atomic mass is 16.5. The lowest BCUT2D eigenvalue weighted by molar-refractivity contribution is 0.0832. The number of hydrogen-bond acceptors (Lipinski definition) is 2. The molecule has 0 aromatic carbocycles. The van der Waals surface area contributed by atoms with Gasteiger partial charge in [-0.15, -0.1) is 0 Å². The molecule has 0 bridgehead atoms. The molecule has 0 atom stereocenters. The molecule has 2 nitrogen and oxygen atoms in total. The van der Waals surface area contributed by atoms with Crippen molar-refractivity contribution in [2.24, 2.45) is 11.8 Å². The molecule has 2 heteroatoms. The quantitative estimate of drug-likeness (QED) is 0.629. The summed E-state index contributed by atoms with van der Waals surface area (Å²) >= 11 is 0. The molecule has 1 rings (SSSR count). The van der Waals surface area contributed by atoms with E-state index in [4.69, 9.17) is 4.74 Å². The van der Waals surface area contributed by atoms with Gasteiger partial charge in [0.15, 0.2) is 0 Å². The first-order valence-corrected chi connectivity index (χ1v) is 6.54. The number of nitrogens with zero attached hydrogens (tertiary/aromatic N) is 1. The summed E-state index contributed by atoms with van der Waals surface area (Å²) in [4.78, 5) is 2.55. The van der Waals surface area contributed by atoms with E-state index in [0.717, 1.165) is 38.0 Å². The van der Waals surface area contributed by atoms with Gasteiger partial charge in [0.05, 0.1) is 6.61 Å². The van der Waals surface area contributed by atoms with Crippen LogP contribution in [0.1, 0.15) is 40.0 Å². The molecule has 1 aliphatic rings. The van der Waals surface area contributed by atoms with Crippen LogP contribution in [0.2, 0.25) is 0 Å². The Morgan fingerprint density at radius 1 is 1.20 bits per heavy atom. The number of rotatable bonds is 6. The molecular formula is C13H27NO. The van der Waals surface area contributed by atoms with Crippen molar-refractivity contribution in [1.82, 2.24) is 4.90 Å². The van der Waals surface area contributed by atoms with Gasteiger partial charge in [-0.2, -0.15) is 0 Å². The SMILES string of the molecule is CCCOCCN1CCC(C(C)C)CC1. The van der Waals surface area contributed by atoms with Crippen LogP contribution in [0.4, 0.5) is 0 Å². The zero-order chi connectivity index (χ0) is 11.1. The second kappa shape index (κ2) is 7.24. The van der Waals surface area contributed by atoms with E-state index in [1.165, 1.54) is 25.9 Å². The Bertz CT molecular complexity index is 151. The molecule has 0 saturated carbocycles. The van der Waals surface area contributed by atoms with E-state index in [-0.39, 0.29) is 0 Å². The van der Waals surface area contributed by atoms with E-state index < -0.39 is 0 Å². The monoisotopic (exact) mass is 213 g/mol. The van der Waals surface area contributed by atoms with Crippen molar-refractivity contribution in [2.75, 3.05) is 32.8 Å². The van der Waals surface area contributed by atoms with Crippen molar-refractivity contribution in [2.45, 2.75) is 40.0 Å². The molecule has 90 valence electrons. The van der Waals surface area contributed by atoms with Crippen molar-refractivity contribution in [3.8, 4) is 0 Å². The summed E-state index contributed by atoms with van der Waals surface area (Å²) in [6.45, 7) is 12.4. The number of hydrogen-bond donors (Lipinski definition) is 0. The molecule has 1 aliphatic heterocycles. The average Bonchev–Trinajstić information content (AvgIpc) is 2.25. The molecule has 0 spiro atoms. The second-order valence-corrected chi connectivity index (χ2v) is 5.04. The predicted molar refractivity (Wildman–Crippen MR) is 65.1 cm³/mol. The van der Waals surface area contributed by atoms with Crippen LogP contribution in [0, 0.1) is 11.8 Å². The van der Waals surface area contributed by atoms with Gasteiger partial charge in [-0.3, -0.25) is 0 Å². The summed E-state index contributed by atoms with van der Waals surface area (Å²) in [6, 6.07) is 0. The number of likely N-dealkylation sites (tertiary alicyclic amines) is 1. The maximum absolute atomic E-state index is 5.52. The molecule has 0 unspecified atom stereocenters. The van der Waals surface area contributed by atoms with Gasteiger partial charge in [-0.25, -0.2) is 0 Å². The Hall–Kier alpha value is -0.0800. The summed E-state index contributed by atoms with van der Waals surface area (Å²) in [5.74, 6) is 1.82. The molecule has 15 heavy (non-hydrogen) atoms. The van der Waals surface area contributed by atoms with Gasteiger partial charge in [0.25, 0.3) is 0 Å². The second-order valence-electron chi connectivity index (χ2n) is 5.04. The molecule has 1 fully saturated rings. The predicted octanol–water partition coefficient (Wildman–Crippen LogP) is 2.78. The van der Waals surface area contributed by atoms with Gasteiger partial charge in [-0.1, -0.05) is 20.8 Å². The van der Waals surface area contributed by atoms with E-state index in [2.05, 4.69) is 25.7 Å². The molecule has 0 N–H and O–H groups in total. The van der Waals surface area contributed by atoms with Gasteiger partial charge in [0.1, 0.15) is 0 Å². The first-order valence-electron chi connectivity index (χ1n) is 6.54. The zero-order valence-electron chi connectivity index (χ0n) is 10.7. The fourth-order valence-corrected chi connectivity index (χ4v) is 2.28. The van der Waals surface area contributed by atoms with Gasteiger partial charge < -0.3 is 9.64 Å². The zero-order valence-corrected chi connectivity index (χ0v) is 10.7. The summed E-state index contributed by atoms with van der Waals surface area (Å²) < 4.78 is 5.52. The largest absolute Gasteiger partial charge is 0.380 e. The van der Waals surface area contributed by atoms with E-state index in [9.17, 15) is 0 Å². The van der Waals surface area contributed by atoms with Crippen LogP contribution in [-0.2, 0) is 4.74 Å². The van der Waals surface area contributed by atoms with Crippen LogP contribution in [0.25, 0.3) is 0 Å².